The number of anilines is 1. The van der Waals surface area contributed by atoms with Crippen LogP contribution in [0.1, 0.15) is 18.9 Å². The van der Waals surface area contributed by atoms with Crippen molar-refractivity contribution in [2.45, 2.75) is 31.2 Å². The zero-order valence-electron chi connectivity index (χ0n) is 11.9. The lowest BCUT2D eigenvalue weighted by Crippen LogP contribution is -2.38. The van der Waals surface area contributed by atoms with Gasteiger partial charge >= 0.3 is 0 Å². The van der Waals surface area contributed by atoms with Crippen LogP contribution >= 0.6 is 11.8 Å². The van der Waals surface area contributed by atoms with Gasteiger partial charge in [0.2, 0.25) is 10.0 Å². The molecule has 0 aromatic heterocycles. The molecule has 0 saturated heterocycles. The number of sulfonamides is 1. The van der Waals surface area contributed by atoms with Crippen molar-refractivity contribution in [3.63, 3.8) is 0 Å². The van der Waals surface area contributed by atoms with E-state index in [1.54, 1.807) is 37.0 Å². The van der Waals surface area contributed by atoms with Crippen molar-refractivity contribution in [3.05, 3.63) is 23.8 Å². The Morgan fingerprint density at radius 2 is 2.05 bits per heavy atom. The molecule has 1 unspecified atom stereocenters. The van der Waals surface area contributed by atoms with Crippen molar-refractivity contribution in [1.82, 2.24) is 4.31 Å². The Morgan fingerprint density at radius 3 is 2.53 bits per heavy atom. The molecule has 1 atom stereocenters. The topological polar surface area (TPSA) is 63.4 Å². The number of benzene rings is 1. The Balaban J connectivity index is 3.15. The van der Waals surface area contributed by atoms with Gasteiger partial charge in [-0.1, -0.05) is 13.0 Å². The van der Waals surface area contributed by atoms with Crippen molar-refractivity contribution in [2.75, 3.05) is 24.8 Å². The number of nitrogens with zero attached hydrogens (tertiary/aromatic N) is 1. The number of thioether (sulfide) groups is 1. The molecule has 0 aliphatic heterocycles. The molecule has 0 heterocycles. The minimum atomic E-state index is -3.52. The smallest absolute Gasteiger partial charge is 0.245 e. The fourth-order valence-electron chi connectivity index (χ4n) is 1.93. The first-order chi connectivity index (χ1) is 8.84. The van der Waals surface area contributed by atoms with E-state index < -0.39 is 10.0 Å². The van der Waals surface area contributed by atoms with E-state index in [0.717, 1.165) is 17.7 Å². The second kappa shape index (κ2) is 6.63. The molecule has 0 amide bonds. The van der Waals surface area contributed by atoms with E-state index in [4.69, 9.17) is 5.73 Å². The highest BCUT2D eigenvalue weighted by molar-refractivity contribution is 7.98. The fourth-order valence-corrected chi connectivity index (χ4v) is 4.39. The molecule has 0 fully saturated rings. The molecule has 0 aliphatic rings. The lowest BCUT2D eigenvalue weighted by molar-refractivity contribution is 0.385. The Kier molecular flexibility index (Phi) is 5.70. The van der Waals surface area contributed by atoms with Gasteiger partial charge in [0.15, 0.2) is 0 Å². The first kappa shape index (κ1) is 16.3. The molecule has 6 heteroatoms. The van der Waals surface area contributed by atoms with Crippen LogP contribution in [-0.4, -0.2) is 37.8 Å². The molecule has 2 N–H and O–H groups in total. The second-order valence-corrected chi connectivity index (χ2v) is 7.46. The lowest BCUT2D eigenvalue weighted by Gasteiger charge is -2.26. The van der Waals surface area contributed by atoms with Gasteiger partial charge in [-0.3, -0.25) is 0 Å². The number of rotatable bonds is 6. The Bertz CT molecular complexity index is 529. The van der Waals surface area contributed by atoms with E-state index in [0.29, 0.717) is 5.69 Å². The van der Waals surface area contributed by atoms with Crippen LogP contribution in [0.4, 0.5) is 5.69 Å². The van der Waals surface area contributed by atoms with Crippen molar-refractivity contribution >= 4 is 27.5 Å². The molecule has 1 aromatic rings. The standard InChI is InChI=1S/C13H22N2O2S2/c1-5-11(9-18-4)15(3)19(16,17)13-7-6-10(2)8-12(13)14/h6-8,11H,5,9,14H2,1-4H3. The highest BCUT2D eigenvalue weighted by Gasteiger charge is 2.28. The van der Waals surface area contributed by atoms with E-state index in [9.17, 15) is 8.42 Å². The van der Waals surface area contributed by atoms with Crippen molar-refractivity contribution < 1.29 is 8.42 Å². The third kappa shape index (κ3) is 3.64. The van der Waals surface area contributed by atoms with Crippen LogP contribution in [0, 0.1) is 6.92 Å². The minimum absolute atomic E-state index is 0.0132. The first-order valence-corrected chi connectivity index (χ1v) is 9.01. The van der Waals surface area contributed by atoms with Gasteiger partial charge in [0.25, 0.3) is 0 Å². The summed E-state index contributed by atoms with van der Waals surface area (Å²) in [5.74, 6) is 0.776. The molecule has 1 aromatic carbocycles. The summed E-state index contributed by atoms with van der Waals surface area (Å²) in [4.78, 5) is 0.195. The summed E-state index contributed by atoms with van der Waals surface area (Å²) >= 11 is 1.64. The number of hydrogen-bond acceptors (Lipinski definition) is 4. The number of aryl methyl sites for hydroxylation is 1. The largest absolute Gasteiger partial charge is 0.398 e. The van der Waals surface area contributed by atoms with Gasteiger partial charge in [-0.05, 0) is 37.3 Å². The van der Waals surface area contributed by atoms with Gasteiger partial charge in [-0.25, -0.2) is 8.42 Å². The molecular weight excluding hydrogens is 280 g/mol. The number of nitrogens with two attached hydrogens (primary N) is 1. The van der Waals surface area contributed by atoms with Crippen molar-refractivity contribution in [2.24, 2.45) is 0 Å². The predicted molar refractivity (Wildman–Crippen MR) is 83.0 cm³/mol. The maximum atomic E-state index is 12.6. The summed E-state index contributed by atoms with van der Waals surface area (Å²) in [6.45, 7) is 3.88. The summed E-state index contributed by atoms with van der Waals surface area (Å²) < 4.78 is 26.6. The van der Waals surface area contributed by atoms with Gasteiger partial charge in [-0.15, -0.1) is 0 Å². The van der Waals surface area contributed by atoms with Crippen LogP contribution < -0.4 is 5.73 Å². The molecule has 0 aliphatic carbocycles. The van der Waals surface area contributed by atoms with Crippen molar-refractivity contribution in [3.8, 4) is 0 Å². The van der Waals surface area contributed by atoms with E-state index in [1.165, 1.54) is 4.31 Å². The monoisotopic (exact) mass is 302 g/mol. The third-order valence-electron chi connectivity index (χ3n) is 3.17. The van der Waals surface area contributed by atoms with Crippen LogP contribution in [0.3, 0.4) is 0 Å². The van der Waals surface area contributed by atoms with E-state index in [1.807, 2.05) is 20.1 Å². The van der Waals surface area contributed by atoms with E-state index in [2.05, 4.69) is 0 Å². The van der Waals surface area contributed by atoms with E-state index in [-0.39, 0.29) is 10.9 Å². The maximum Gasteiger partial charge on any atom is 0.245 e. The van der Waals surface area contributed by atoms with Gasteiger partial charge in [0, 0.05) is 18.8 Å². The van der Waals surface area contributed by atoms with Crippen LogP contribution in [0.15, 0.2) is 23.1 Å². The van der Waals surface area contributed by atoms with Gasteiger partial charge in [0.05, 0.1) is 5.69 Å². The van der Waals surface area contributed by atoms with Crippen LogP contribution in [0.5, 0.6) is 0 Å². The molecule has 4 nitrogen and oxygen atoms in total. The molecule has 108 valence electrons. The molecule has 1 rings (SSSR count). The molecule has 19 heavy (non-hydrogen) atoms. The van der Waals surface area contributed by atoms with Gasteiger partial charge in [-0.2, -0.15) is 16.1 Å². The summed E-state index contributed by atoms with van der Waals surface area (Å²) in [7, 11) is -1.90. The predicted octanol–water partition coefficient (Wildman–Crippen LogP) is 2.34. The SMILES string of the molecule is CCC(CSC)N(C)S(=O)(=O)c1ccc(C)cc1N. The second-order valence-electron chi connectivity index (χ2n) is 4.58. The minimum Gasteiger partial charge on any atom is -0.398 e. The van der Waals surface area contributed by atoms with Crippen LogP contribution in [0.2, 0.25) is 0 Å². The number of hydrogen-bond donors (Lipinski definition) is 1. The average Bonchev–Trinajstić information content (AvgIpc) is 2.34. The van der Waals surface area contributed by atoms with Crippen LogP contribution in [-0.2, 0) is 10.0 Å². The molecule has 0 radical (unpaired) electrons. The maximum absolute atomic E-state index is 12.6. The fraction of sp³-hybridized carbons (Fsp3) is 0.538. The molecule has 0 bridgehead atoms. The summed E-state index contributed by atoms with van der Waals surface area (Å²) in [5, 5.41) is 0. The van der Waals surface area contributed by atoms with Crippen molar-refractivity contribution in [1.29, 1.82) is 0 Å². The normalized spacial score (nSPS) is 13.7. The highest BCUT2D eigenvalue weighted by atomic mass is 32.2. The average molecular weight is 302 g/mol. The lowest BCUT2D eigenvalue weighted by atomic mass is 10.2. The Labute approximate surface area is 120 Å². The highest BCUT2D eigenvalue weighted by Crippen LogP contribution is 2.25. The molecule has 0 saturated carbocycles. The van der Waals surface area contributed by atoms with Crippen LogP contribution in [0.25, 0.3) is 0 Å². The third-order valence-corrected chi connectivity index (χ3v) is 5.87. The molecular formula is C13H22N2O2S2. The van der Waals surface area contributed by atoms with Gasteiger partial charge in [0.1, 0.15) is 4.90 Å². The zero-order valence-corrected chi connectivity index (χ0v) is 13.5. The summed E-state index contributed by atoms with van der Waals surface area (Å²) in [5.41, 5.74) is 7.11. The molecule has 0 spiro atoms. The first-order valence-electron chi connectivity index (χ1n) is 6.17. The summed E-state index contributed by atoms with van der Waals surface area (Å²) in [6, 6.07) is 5.03. The van der Waals surface area contributed by atoms with E-state index >= 15 is 0 Å². The quantitative estimate of drug-likeness (QED) is 0.819. The zero-order chi connectivity index (χ0) is 14.6. The number of nitrogen functional groups attached to an aromatic ring is 1. The Hall–Kier alpha value is -0.720. The Morgan fingerprint density at radius 1 is 1.42 bits per heavy atom. The van der Waals surface area contributed by atoms with Gasteiger partial charge < -0.3 is 5.73 Å². The summed E-state index contributed by atoms with van der Waals surface area (Å²) in [6.07, 6.45) is 2.76.